The zero-order chi connectivity index (χ0) is 23.4. The lowest BCUT2D eigenvalue weighted by Gasteiger charge is -2.10. The maximum atomic E-state index is 12.5. The number of nitrogens with zero attached hydrogens (tertiary/aromatic N) is 1. The van der Waals surface area contributed by atoms with Crippen LogP contribution in [-0.2, 0) is 11.4 Å². The Balaban J connectivity index is 1.50. The number of carboxylic acids is 1. The average Bonchev–Trinajstić information content (AvgIpc) is 3.14. The Hall–Kier alpha value is -3.36. The summed E-state index contributed by atoms with van der Waals surface area (Å²) in [6.07, 6.45) is 1.78. The van der Waals surface area contributed by atoms with Crippen LogP contribution in [0.2, 0.25) is 0 Å². The van der Waals surface area contributed by atoms with E-state index in [1.54, 1.807) is 30.3 Å². The number of hydrogen-bond donors (Lipinski definition) is 2. The molecule has 0 bridgehead atoms. The van der Waals surface area contributed by atoms with E-state index in [2.05, 4.69) is 26.2 Å². The first-order valence-electron chi connectivity index (χ1n) is 9.99. The predicted molar refractivity (Wildman–Crippen MR) is 134 cm³/mol. The van der Waals surface area contributed by atoms with Crippen LogP contribution in [0, 0.1) is 6.92 Å². The van der Waals surface area contributed by atoms with Crippen molar-refractivity contribution in [3.63, 3.8) is 0 Å². The van der Waals surface area contributed by atoms with Crippen molar-refractivity contribution in [2.24, 2.45) is 4.99 Å². The molecule has 166 valence electrons. The molecule has 1 aliphatic heterocycles. The van der Waals surface area contributed by atoms with E-state index in [0.29, 0.717) is 15.8 Å². The predicted octanol–water partition coefficient (Wildman–Crippen LogP) is 5.93. The highest BCUT2D eigenvalue weighted by Crippen LogP contribution is 2.32. The minimum absolute atomic E-state index is 0.215. The molecule has 4 rings (SSSR count). The number of para-hydroxylation sites is 1. The Morgan fingerprint density at radius 1 is 1.15 bits per heavy atom. The lowest BCUT2D eigenvalue weighted by atomic mass is 10.1. The van der Waals surface area contributed by atoms with Crippen LogP contribution in [0.4, 0.5) is 5.69 Å². The molecule has 0 unspecified atom stereocenters. The number of rotatable bonds is 6. The monoisotopic (exact) mass is 522 g/mol. The molecule has 1 saturated heterocycles. The van der Waals surface area contributed by atoms with Crippen molar-refractivity contribution in [3.8, 4) is 5.75 Å². The molecule has 33 heavy (non-hydrogen) atoms. The summed E-state index contributed by atoms with van der Waals surface area (Å²) in [5.41, 5.74) is 3.62. The SMILES string of the molecule is Cc1cc(Br)ccc1N=C1NC(=O)/C(=C/c2ccccc2OCc2ccc(C(=O)O)cc2)S1. The van der Waals surface area contributed by atoms with Gasteiger partial charge in [0.2, 0.25) is 0 Å². The lowest BCUT2D eigenvalue weighted by molar-refractivity contribution is -0.115. The molecule has 0 spiro atoms. The normalized spacial score (nSPS) is 15.6. The van der Waals surface area contributed by atoms with Gasteiger partial charge in [-0.1, -0.05) is 46.3 Å². The molecule has 3 aromatic carbocycles. The smallest absolute Gasteiger partial charge is 0.335 e. The average molecular weight is 523 g/mol. The van der Waals surface area contributed by atoms with Crippen LogP contribution < -0.4 is 10.1 Å². The first kappa shape index (κ1) is 22.8. The summed E-state index contributed by atoms with van der Waals surface area (Å²) in [5.74, 6) is -0.563. The number of amides is 1. The summed E-state index contributed by atoms with van der Waals surface area (Å²) in [7, 11) is 0. The molecule has 1 fully saturated rings. The third-order valence-electron chi connectivity index (χ3n) is 4.83. The fourth-order valence-corrected chi connectivity index (χ4v) is 4.41. The van der Waals surface area contributed by atoms with Gasteiger partial charge in [0, 0.05) is 10.0 Å². The highest BCUT2D eigenvalue weighted by Gasteiger charge is 2.24. The van der Waals surface area contributed by atoms with Gasteiger partial charge in [-0.15, -0.1) is 0 Å². The molecule has 0 aromatic heterocycles. The van der Waals surface area contributed by atoms with Gasteiger partial charge < -0.3 is 15.2 Å². The number of aromatic carboxylic acids is 1. The summed E-state index contributed by atoms with van der Waals surface area (Å²) in [4.78, 5) is 28.6. The third-order valence-corrected chi connectivity index (χ3v) is 6.24. The Kier molecular flexibility index (Phi) is 6.96. The number of ether oxygens (including phenoxy) is 1. The minimum atomic E-state index is -0.968. The maximum Gasteiger partial charge on any atom is 0.335 e. The van der Waals surface area contributed by atoms with E-state index in [0.717, 1.165) is 26.9 Å². The van der Waals surface area contributed by atoms with Gasteiger partial charge in [0.1, 0.15) is 12.4 Å². The molecular formula is C25H19BrN2O4S. The van der Waals surface area contributed by atoms with Crippen LogP contribution >= 0.6 is 27.7 Å². The lowest BCUT2D eigenvalue weighted by Crippen LogP contribution is -2.19. The summed E-state index contributed by atoms with van der Waals surface area (Å²) in [5, 5.41) is 12.4. The Morgan fingerprint density at radius 3 is 2.64 bits per heavy atom. The van der Waals surface area contributed by atoms with E-state index in [-0.39, 0.29) is 18.1 Å². The Labute approximate surface area is 203 Å². The standard InChI is InChI=1S/C25H19BrN2O4S/c1-15-12-19(26)10-11-20(15)27-25-28-23(29)22(33-25)13-18-4-2-3-5-21(18)32-14-16-6-8-17(9-7-16)24(30)31/h2-13H,14H2,1H3,(H,30,31)(H,27,28,29)/b22-13-. The molecular weight excluding hydrogens is 504 g/mol. The van der Waals surface area contributed by atoms with Crippen molar-refractivity contribution in [2.75, 3.05) is 0 Å². The maximum absolute atomic E-state index is 12.5. The Morgan fingerprint density at radius 2 is 1.91 bits per heavy atom. The number of nitrogens with one attached hydrogen (secondary N) is 1. The number of aryl methyl sites for hydroxylation is 1. The van der Waals surface area contributed by atoms with Crippen molar-refractivity contribution in [2.45, 2.75) is 13.5 Å². The van der Waals surface area contributed by atoms with Gasteiger partial charge in [-0.2, -0.15) is 0 Å². The topological polar surface area (TPSA) is 88.0 Å². The van der Waals surface area contributed by atoms with Crippen LogP contribution in [0.15, 0.2) is 81.1 Å². The minimum Gasteiger partial charge on any atom is -0.488 e. The van der Waals surface area contributed by atoms with Crippen molar-refractivity contribution < 1.29 is 19.4 Å². The fourth-order valence-electron chi connectivity index (χ4n) is 3.11. The fraction of sp³-hybridized carbons (Fsp3) is 0.0800. The summed E-state index contributed by atoms with van der Waals surface area (Å²) < 4.78 is 6.92. The molecule has 3 aromatic rings. The largest absolute Gasteiger partial charge is 0.488 e. The molecule has 0 saturated carbocycles. The number of carboxylic acid groups (broad SMARTS) is 1. The van der Waals surface area contributed by atoms with E-state index in [9.17, 15) is 9.59 Å². The van der Waals surface area contributed by atoms with E-state index in [1.165, 1.54) is 11.8 Å². The second-order valence-corrected chi connectivity index (χ2v) is 9.19. The number of benzene rings is 3. The molecule has 6 nitrogen and oxygen atoms in total. The number of halogens is 1. The highest BCUT2D eigenvalue weighted by atomic mass is 79.9. The number of hydrogen-bond acceptors (Lipinski definition) is 5. The first-order chi connectivity index (χ1) is 15.9. The van der Waals surface area contributed by atoms with Gasteiger partial charge in [0.25, 0.3) is 5.91 Å². The third kappa shape index (κ3) is 5.71. The molecule has 0 radical (unpaired) electrons. The molecule has 0 aliphatic carbocycles. The van der Waals surface area contributed by atoms with E-state index in [4.69, 9.17) is 9.84 Å². The van der Waals surface area contributed by atoms with E-state index >= 15 is 0 Å². The second kappa shape index (κ2) is 10.1. The number of carbonyl (C=O) groups is 2. The first-order valence-corrected chi connectivity index (χ1v) is 11.6. The number of carbonyl (C=O) groups excluding carboxylic acids is 1. The van der Waals surface area contributed by atoms with Crippen molar-refractivity contribution in [1.29, 1.82) is 0 Å². The zero-order valence-corrected chi connectivity index (χ0v) is 19.9. The molecule has 1 amide bonds. The van der Waals surface area contributed by atoms with Gasteiger partial charge in [-0.25, -0.2) is 9.79 Å². The molecule has 1 heterocycles. The summed E-state index contributed by atoms with van der Waals surface area (Å²) in [6.45, 7) is 2.24. The van der Waals surface area contributed by atoms with Crippen LogP contribution in [-0.4, -0.2) is 22.2 Å². The van der Waals surface area contributed by atoms with Crippen molar-refractivity contribution >= 4 is 56.5 Å². The number of amidine groups is 1. The summed E-state index contributed by atoms with van der Waals surface area (Å²) >= 11 is 4.72. The summed E-state index contributed by atoms with van der Waals surface area (Å²) in [6, 6.07) is 19.7. The van der Waals surface area contributed by atoms with Crippen molar-refractivity contribution in [3.05, 3.63) is 98.4 Å². The van der Waals surface area contributed by atoms with Gasteiger partial charge in [-0.05, 0) is 72.3 Å². The van der Waals surface area contributed by atoms with Gasteiger partial charge in [-0.3, -0.25) is 4.79 Å². The van der Waals surface area contributed by atoms with Crippen LogP contribution in [0.25, 0.3) is 6.08 Å². The van der Waals surface area contributed by atoms with Crippen molar-refractivity contribution in [1.82, 2.24) is 5.32 Å². The molecule has 2 N–H and O–H groups in total. The van der Waals surface area contributed by atoms with E-state index in [1.807, 2.05) is 49.4 Å². The Bertz CT molecular complexity index is 1290. The quantitative estimate of drug-likeness (QED) is 0.392. The van der Waals surface area contributed by atoms with Crippen LogP contribution in [0.5, 0.6) is 5.75 Å². The van der Waals surface area contributed by atoms with Crippen LogP contribution in [0.3, 0.4) is 0 Å². The van der Waals surface area contributed by atoms with Gasteiger partial charge >= 0.3 is 5.97 Å². The molecule has 8 heteroatoms. The van der Waals surface area contributed by atoms with Gasteiger partial charge in [0.05, 0.1) is 16.2 Å². The molecule has 0 atom stereocenters. The van der Waals surface area contributed by atoms with Gasteiger partial charge in [0.15, 0.2) is 5.17 Å². The molecule has 1 aliphatic rings. The second-order valence-electron chi connectivity index (χ2n) is 7.24. The number of aliphatic imine (C=N–C) groups is 1. The van der Waals surface area contributed by atoms with E-state index < -0.39 is 5.97 Å². The zero-order valence-electron chi connectivity index (χ0n) is 17.5. The van der Waals surface area contributed by atoms with Crippen LogP contribution in [0.1, 0.15) is 27.0 Å². The number of thioether (sulfide) groups is 1. The highest BCUT2D eigenvalue weighted by molar-refractivity contribution is 9.10.